The van der Waals surface area contributed by atoms with Gasteiger partial charge in [0, 0.05) is 61.3 Å². The van der Waals surface area contributed by atoms with E-state index in [1.807, 2.05) is 54.6 Å². The molecule has 0 saturated carbocycles. The molecule has 0 amide bonds. The molecule has 52 heavy (non-hydrogen) atoms. The number of piperidine rings is 1. The lowest BCUT2D eigenvalue weighted by Crippen LogP contribution is -2.35. The number of carboxylic acid groups (broad SMARTS) is 1. The number of halogens is 2. The summed E-state index contributed by atoms with van der Waals surface area (Å²) >= 11 is 15.8. The fourth-order valence-electron chi connectivity index (χ4n) is 6.41. The Hall–Kier alpha value is -3.88. The second-order valence-electron chi connectivity index (χ2n) is 12.9. The number of aliphatic carboxylic acids is 1. The number of benzene rings is 2. The molecule has 3 aromatic heterocycles. The highest BCUT2D eigenvalue weighted by molar-refractivity contribution is 7.18. The molecule has 5 N–H and O–H groups in total. The largest absolute Gasteiger partial charge is 0.481 e. The minimum absolute atomic E-state index is 0.0353. The molecule has 0 spiro atoms. The van der Waals surface area contributed by atoms with E-state index in [0.717, 1.165) is 63.4 Å². The van der Waals surface area contributed by atoms with Crippen molar-refractivity contribution in [3.63, 3.8) is 0 Å². The molecule has 274 valence electrons. The number of aromatic nitrogens is 3. The van der Waals surface area contributed by atoms with Gasteiger partial charge in [-0.05, 0) is 57.0 Å². The number of nitrogens with zero attached hydrogens (tertiary/aromatic N) is 4. The number of likely N-dealkylation sites (tertiary alicyclic amines) is 1. The van der Waals surface area contributed by atoms with E-state index in [1.54, 1.807) is 31.8 Å². The normalized spacial score (nSPS) is 14.5. The van der Waals surface area contributed by atoms with Gasteiger partial charge < -0.3 is 30.9 Å². The molecular weight excluding hydrogens is 721 g/mol. The zero-order chi connectivity index (χ0) is 36.6. The van der Waals surface area contributed by atoms with Crippen molar-refractivity contribution in [3.8, 4) is 28.3 Å². The topological polar surface area (TPSA) is 148 Å². The Kier molecular flexibility index (Phi) is 12.9. The quantitative estimate of drug-likeness (QED) is 0.0736. The Morgan fingerprint density at radius 3 is 2.54 bits per heavy atom. The average Bonchev–Trinajstić information content (AvgIpc) is 3.56. The van der Waals surface area contributed by atoms with Crippen molar-refractivity contribution in [1.29, 1.82) is 0 Å². The SMILES string of the molecule is COCCCC(N)CNCc1ccc(-c2cccc(-c3cccc(Nc4nccc5sc(CN6CCC(C(=O)O)CC6)nc45)c3Cl)c2Cl)nc1OC. The summed E-state index contributed by atoms with van der Waals surface area (Å²) in [5.41, 5.74) is 11.5. The maximum absolute atomic E-state index is 11.4. The number of hydrogen-bond acceptors (Lipinski definition) is 11. The lowest BCUT2D eigenvalue weighted by molar-refractivity contribution is -0.143. The number of pyridine rings is 2. The van der Waals surface area contributed by atoms with Crippen LogP contribution in [0.4, 0.5) is 11.5 Å². The maximum Gasteiger partial charge on any atom is 0.306 e. The number of nitrogens with one attached hydrogen (secondary N) is 2. The van der Waals surface area contributed by atoms with Gasteiger partial charge in [-0.3, -0.25) is 9.69 Å². The molecule has 1 aliphatic rings. The zero-order valence-electron chi connectivity index (χ0n) is 29.2. The van der Waals surface area contributed by atoms with E-state index < -0.39 is 5.97 Å². The number of carboxylic acids is 1. The third-order valence-corrected chi connectivity index (χ3v) is 11.1. The second-order valence-corrected chi connectivity index (χ2v) is 14.7. The van der Waals surface area contributed by atoms with Crippen molar-refractivity contribution in [3.05, 3.63) is 81.4 Å². The number of thiazole rings is 1. The average molecular weight is 765 g/mol. The number of nitrogens with two attached hydrogens (primary N) is 1. The fraction of sp³-hybridized carbons (Fsp3) is 0.368. The van der Waals surface area contributed by atoms with E-state index in [1.165, 1.54) is 0 Å². The highest BCUT2D eigenvalue weighted by Gasteiger charge is 2.25. The summed E-state index contributed by atoms with van der Waals surface area (Å²) in [5, 5.41) is 18.1. The van der Waals surface area contributed by atoms with Crippen molar-refractivity contribution in [2.45, 2.75) is 44.8 Å². The molecule has 0 aliphatic carbocycles. The summed E-state index contributed by atoms with van der Waals surface area (Å²) in [6, 6.07) is 17.5. The molecule has 1 fully saturated rings. The van der Waals surface area contributed by atoms with Gasteiger partial charge in [0.2, 0.25) is 5.88 Å². The summed E-state index contributed by atoms with van der Waals surface area (Å²) < 4.78 is 11.8. The first kappa shape index (κ1) is 37.9. The molecule has 6 rings (SSSR count). The van der Waals surface area contributed by atoms with Gasteiger partial charge in [0.05, 0.1) is 45.7 Å². The molecule has 11 nitrogen and oxygen atoms in total. The zero-order valence-corrected chi connectivity index (χ0v) is 31.5. The number of rotatable bonds is 16. The lowest BCUT2D eigenvalue weighted by Gasteiger charge is -2.29. The van der Waals surface area contributed by atoms with E-state index in [2.05, 4.69) is 20.5 Å². The lowest BCUT2D eigenvalue weighted by atomic mass is 9.97. The van der Waals surface area contributed by atoms with Crippen molar-refractivity contribution >= 4 is 62.2 Å². The fourth-order valence-corrected chi connectivity index (χ4v) is 8.01. The first-order valence-corrected chi connectivity index (χ1v) is 18.9. The number of fused-ring (bicyclic) bond motifs is 1. The van der Waals surface area contributed by atoms with Crippen LogP contribution >= 0.6 is 34.5 Å². The molecule has 0 radical (unpaired) electrons. The van der Waals surface area contributed by atoms with Crippen molar-refractivity contribution in [2.24, 2.45) is 11.7 Å². The van der Waals surface area contributed by atoms with Gasteiger partial charge in [0.15, 0.2) is 5.82 Å². The van der Waals surface area contributed by atoms with E-state index in [0.29, 0.717) is 72.2 Å². The Morgan fingerprint density at radius 2 is 1.79 bits per heavy atom. The molecule has 4 heterocycles. The molecule has 1 aliphatic heterocycles. The van der Waals surface area contributed by atoms with Crippen LogP contribution in [0.25, 0.3) is 32.6 Å². The van der Waals surface area contributed by atoms with Crippen molar-refractivity contribution < 1.29 is 19.4 Å². The summed E-state index contributed by atoms with van der Waals surface area (Å²) in [5.74, 6) is 0.134. The number of carbonyl (C=O) groups is 1. The van der Waals surface area contributed by atoms with Crippen molar-refractivity contribution in [2.75, 3.05) is 45.8 Å². The van der Waals surface area contributed by atoms with Crippen LogP contribution in [0.5, 0.6) is 5.88 Å². The van der Waals surface area contributed by atoms with E-state index in [-0.39, 0.29) is 12.0 Å². The summed E-state index contributed by atoms with van der Waals surface area (Å²) in [4.78, 5) is 28.0. The molecule has 1 saturated heterocycles. The third kappa shape index (κ3) is 9.00. The molecule has 1 unspecified atom stereocenters. The molecular formula is C38H43Cl2N7O4S. The number of ether oxygens (including phenoxy) is 2. The van der Waals surface area contributed by atoms with Crippen LogP contribution in [-0.2, 0) is 22.6 Å². The van der Waals surface area contributed by atoms with Crippen LogP contribution in [-0.4, -0.2) is 77.4 Å². The van der Waals surface area contributed by atoms with Gasteiger partial charge in [-0.25, -0.2) is 15.0 Å². The predicted octanol–water partition coefficient (Wildman–Crippen LogP) is 7.62. The molecule has 14 heteroatoms. The summed E-state index contributed by atoms with van der Waals surface area (Å²) in [6.45, 7) is 4.08. The van der Waals surface area contributed by atoms with Crippen LogP contribution in [0.3, 0.4) is 0 Å². The first-order valence-electron chi connectivity index (χ1n) is 17.3. The standard InChI is InChI=1S/C38H43Cl2N7O4S/c1-50-19-5-6-25(41)21-42-20-24-11-12-29(45-37(24)51-2)28-9-3-7-26(33(28)39)27-8-4-10-30(34(27)40)44-36-35-31(13-16-43-36)52-32(46-35)22-47-17-14-23(15-18-47)38(48)49/h3-4,7-13,16,23,25,42H,5-6,14-15,17-22,41H2,1-2H3,(H,43,44)(H,48,49). The summed E-state index contributed by atoms with van der Waals surface area (Å²) in [7, 11) is 3.30. The van der Waals surface area contributed by atoms with Gasteiger partial charge in [-0.1, -0.05) is 59.6 Å². The van der Waals surface area contributed by atoms with Gasteiger partial charge in [0.25, 0.3) is 0 Å². The van der Waals surface area contributed by atoms with Crippen LogP contribution < -0.4 is 21.1 Å². The highest BCUT2D eigenvalue weighted by atomic mass is 35.5. The van der Waals surface area contributed by atoms with Gasteiger partial charge >= 0.3 is 5.97 Å². The number of methoxy groups -OCH3 is 2. The van der Waals surface area contributed by atoms with Gasteiger partial charge in [-0.15, -0.1) is 11.3 Å². The third-order valence-electron chi connectivity index (χ3n) is 9.24. The maximum atomic E-state index is 11.4. The van der Waals surface area contributed by atoms with Crippen LogP contribution in [0.1, 0.15) is 36.3 Å². The highest BCUT2D eigenvalue weighted by Crippen LogP contribution is 2.42. The van der Waals surface area contributed by atoms with E-state index >= 15 is 0 Å². The molecule has 1 atom stereocenters. The minimum Gasteiger partial charge on any atom is -0.481 e. The van der Waals surface area contributed by atoms with Crippen LogP contribution in [0.15, 0.2) is 60.8 Å². The van der Waals surface area contributed by atoms with Gasteiger partial charge in [0.1, 0.15) is 10.5 Å². The van der Waals surface area contributed by atoms with Crippen molar-refractivity contribution in [1.82, 2.24) is 25.2 Å². The Labute approximate surface area is 317 Å². The first-order chi connectivity index (χ1) is 25.2. The van der Waals surface area contributed by atoms with E-state index in [9.17, 15) is 9.90 Å². The predicted molar refractivity (Wildman–Crippen MR) is 209 cm³/mol. The Morgan fingerprint density at radius 1 is 1.04 bits per heavy atom. The molecule has 0 bridgehead atoms. The van der Waals surface area contributed by atoms with E-state index in [4.69, 9.17) is 48.4 Å². The number of hydrogen-bond donors (Lipinski definition) is 4. The smallest absolute Gasteiger partial charge is 0.306 e. The van der Waals surface area contributed by atoms with Gasteiger partial charge in [-0.2, -0.15) is 0 Å². The molecule has 5 aromatic rings. The van der Waals surface area contributed by atoms with Crippen LogP contribution in [0.2, 0.25) is 10.0 Å². The second kappa shape index (κ2) is 17.8. The summed E-state index contributed by atoms with van der Waals surface area (Å²) in [6.07, 6.45) is 4.86. The Bertz CT molecular complexity index is 2000. The minimum atomic E-state index is -0.711. The Balaban J connectivity index is 1.18. The number of anilines is 2. The van der Waals surface area contributed by atoms with Crippen LogP contribution in [0, 0.1) is 5.92 Å². The monoisotopic (exact) mass is 763 g/mol. The molecule has 2 aromatic carbocycles.